The maximum Gasteiger partial charge on any atom is 0.337 e. The summed E-state index contributed by atoms with van der Waals surface area (Å²) < 4.78 is 28.7. The number of carbonyl (C=O) groups is 2. The number of fused-ring (bicyclic) bond motifs is 2. The number of carboxylic acid groups (broad SMARTS) is 1. The van der Waals surface area contributed by atoms with Crippen LogP contribution in [0.2, 0.25) is 0 Å². The van der Waals surface area contributed by atoms with Crippen molar-refractivity contribution in [3.63, 3.8) is 0 Å². The highest BCUT2D eigenvalue weighted by Crippen LogP contribution is 2.41. The van der Waals surface area contributed by atoms with Crippen LogP contribution in [0.5, 0.6) is 5.75 Å². The summed E-state index contributed by atoms with van der Waals surface area (Å²) in [6.45, 7) is 11.6. The summed E-state index contributed by atoms with van der Waals surface area (Å²) in [5.74, 6) is -1.89. The van der Waals surface area contributed by atoms with Crippen molar-refractivity contribution in [3.8, 4) is 17.0 Å². The van der Waals surface area contributed by atoms with Crippen LogP contribution in [0.4, 0.5) is 4.39 Å². The van der Waals surface area contributed by atoms with Crippen molar-refractivity contribution in [2.24, 2.45) is 0 Å². The Bertz CT molecular complexity index is 1740. The van der Waals surface area contributed by atoms with E-state index < -0.39 is 23.5 Å². The Morgan fingerprint density at radius 2 is 1.93 bits per heavy atom. The van der Waals surface area contributed by atoms with Crippen LogP contribution in [-0.2, 0) is 22.5 Å². The van der Waals surface area contributed by atoms with Crippen molar-refractivity contribution < 1.29 is 28.6 Å². The van der Waals surface area contributed by atoms with Crippen LogP contribution in [0, 0.1) is 26.6 Å². The predicted octanol–water partition coefficient (Wildman–Crippen LogP) is 6.00. The second-order valence-electron chi connectivity index (χ2n) is 12.1. The normalized spacial score (nSPS) is 13.9. The second-order valence-corrected chi connectivity index (χ2v) is 12.1. The first-order valence-electron chi connectivity index (χ1n) is 14.3. The van der Waals surface area contributed by atoms with Crippen molar-refractivity contribution in [1.82, 2.24) is 19.5 Å². The lowest BCUT2D eigenvalue weighted by atomic mass is 9.91. The van der Waals surface area contributed by atoms with E-state index in [2.05, 4.69) is 10.1 Å². The van der Waals surface area contributed by atoms with Crippen LogP contribution >= 0.6 is 0 Å². The average Bonchev–Trinajstić information content (AvgIpc) is 3.36. The number of nitrogens with zero attached hydrogens (tertiary/aromatic N) is 4. The van der Waals surface area contributed by atoms with Crippen molar-refractivity contribution in [2.75, 3.05) is 13.7 Å². The summed E-state index contributed by atoms with van der Waals surface area (Å²) in [6.07, 6.45) is -0.0940. The minimum Gasteiger partial charge on any atom is -0.490 e. The average molecular weight is 589 g/mol. The Hall–Kier alpha value is -4.31. The van der Waals surface area contributed by atoms with Gasteiger partial charge in [-0.25, -0.2) is 18.7 Å². The first-order chi connectivity index (χ1) is 20.2. The molecule has 4 aromatic rings. The maximum atomic E-state index is 15.6. The number of ether oxygens (including phenoxy) is 2. The quantitative estimate of drug-likeness (QED) is 0.282. The highest BCUT2D eigenvalue weighted by atomic mass is 19.1. The van der Waals surface area contributed by atoms with Gasteiger partial charge < -0.3 is 19.5 Å². The summed E-state index contributed by atoms with van der Waals surface area (Å²) in [5.41, 5.74) is 4.52. The van der Waals surface area contributed by atoms with Gasteiger partial charge in [-0.15, -0.1) is 0 Å². The molecular formula is C33H37FN4O5. The Balaban J connectivity index is 1.73. The molecule has 226 valence electrons. The predicted molar refractivity (Wildman–Crippen MR) is 160 cm³/mol. The fourth-order valence-electron chi connectivity index (χ4n) is 5.65. The minimum atomic E-state index is -1.44. The summed E-state index contributed by atoms with van der Waals surface area (Å²) >= 11 is 0. The van der Waals surface area contributed by atoms with E-state index in [0.29, 0.717) is 42.2 Å². The molecule has 0 radical (unpaired) electrons. The molecular weight excluding hydrogens is 551 g/mol. The number of benzene rings is 2. The Labute approximate surface area is 250 Å². The third-order valence-corrected chi connectivity index (χ3v) is 7.55. The number of aryl methyl sites for hydroxylation is 2. The SMILES string of the molecule is Cc1cccc(CN(C)C(=O)c2cc3nc(C)c([C@H](OC(C)(C)C)C(=O)O)c(-c4cc(F)c5c(c4C)CCCO5)n3n2)c1. The first kappa shape index (κ1) is 30.2. The Morgan fingerprint density at radius 3 is 2.60 bits per heavy atom. The molecule has 0 fully saturated rings. The summed E-state index contributed by atoms with van der Waals surface area (Å²) in [5, 5.41) is 15.0. The second kappa shape index (κ2) is 11.4. The third-order valence-electron chi connectivity index (χ3n) is 7.55. The van der Waals surface area contributed by atoms with Gasteiger partial charge in [-0.05, 0) is 71.6 Å². The molecule has 0 bridgehead atoms. The number of hydrogen-bond donors (Lipinski definition) is 1. The van der Waals surface area contributed by atoms with Gasteiger partial charge in [0.05, 0.1) is 17.9 Å². The number of aromatic nitrogens is 3. The lowest BCUT2D eigenvalue weighted by molar-refractivity contribution is -0.160. The van der Waals surface area contributed by atoms with Crippen molar-refractivity contribution in [1.29, 1.82) is 0 Å². The molecule has 1 aliphatic rings. The van der Waals surface area contributed by atoms with Gasteiger partial charge in [0, 0.05) is 42.0 Å². The van der Waals surface area contributed by atoms with Crippen LogP contribution < -0.4 is 4.74 Å². The zero-order valence-corrected chi connectivity index (χ0v) is 25.6. The summed E-state index contributed by atoms with van der Waals surface area (Å²) in [7, 11) is 1.69. The van der Waals surface area contributed by atoms with Crippen molar-refractivity contribution >= 4 is 17.5 Å². The Kier molecular flexibility index (Phi) is 8.00. The molecule has 5 rings (SSSR count). The maximum absolute atomic E-state index is 15.6. The van der Waals surface area contributed by atoms with Gasteiger partial charge >= 0.3 is 5.97 Å². The molecule has 0 unspecified atom stereocenters. The van der Waals surface area contributed by atoms with E-state index in [1.165, 1.54) is 10.6 Å². The summed E-state index contributed by atoms with van der Waals surface area (Å²) in [6, 6.07) is 10.8. The molecule has 0 aliphatic carbocycles. The number of halogens is 1. The first-order valence-corrected chi connectivity index (χ1v) is 14.3. The van der Waals surface area contributed by atoms with Crippen LogP contribution in [0.25, 0.3) is 16.9 Å². The lowest BCUT2D eigenvalue weighted by Crippen LogP contribution is -2.29. The van der Waals surface area contributed by atoms with E-state index in [4.69, 9.17) is 9.47 Å². The molecule has 1 atom stereocenters. The number of rotatable bonds is 7. The van der Waals surface area contributed by atoms with Gasteiger partial charge in [-0.2, -0.15) is 5.10 Å². The van der Waals surface area contributed by atoms with Gasteiger partial charge in [-0.1, -0.05) is 29.8 Å². The van der Waals surface area contributed by atoms with Crippen molar-refractivity contribution in [3.05, 3.63) is 81.4 Å². The van der Waals surface area contributed by atoms with E-state index in [1.54, 1.807) is 45.7 Å². The van der Waals surface area contributed by atoms with Crippen LogP contribution in [0.15, 0.2) is 36.4 Å². The number of carboxylic acids is 1. The highest BCUT2D eigenvalue weighted by Gasteiger charge is 2.35. The molecule has 2 aromatic carbocycles. The molecule has 1 N–H and O–H groups in total. The zero-order valence-electron chi connectivity index (χ0n) is 25.6. The molecule has 2 aromatic heterocycles. The topological polar surface area (TPSA) is 106 Å². The number of carbonyl (C=O) groups excluding carboxylic acids is 1. The van der Waals surface area contributed by atoms with E-state index in [9.17, 15) is 14.7 Å². The lowest BCUT2D eigenvalue weighted by Gasteiger charge is -2.28. The molecule has 1 aliphatic heterocycles. The van der Waals surface area contributed by atoms with Gasteiger partial charge in [0.15, 0.2) is 29.0 Å². The molecule has 0 saturated carbocycles. The number of amides is 1. The Morgan fingerprint density at radius 1 is 1.19 bits per heavy atom. The largest absolute Gasteiger partial charge is 0.490 e. The van der Waals surface area contributed by atoms with Gasteiger partial charge in [0.1, 0.15) is 0 Å². The fourth-order valence-corrected chi connectivity index (χ4v) is 5.65. The molecule has 1 amide bonds. The third kappa shape index (κ3) is 5.97. The smallest absolute Gasteiger partial charge is 0.337 e. The van der Waals surface area contributed by atoms with Gasteiger partial charge in [0.2, 0.25) is 0 Å². The van der Waals surface area contributed by atoms with Gasteiger partial charge in [0.25, 0.3) is 5.91 Å². The van der Waals surface area contributed by atoms with Crippen molar-refractivity contribution in [2.45, 2.75) is 72.6 Å². The molecule has 3 heterocycles. The fraction of sp³-hybridized carbons (Fsp3) is 0.394. The molecule has 0 saturated heterocycles. The molecule has 43 heavy (non-hydrogen) atoms. The van der Waals surface area contributed by atoms with E-state index in [0.717, 1.165) is 28.7 Å². The molecule has 10 heteroatoms. The minimum absolute atomic E-state index is 0.128. The standard InChI is InChI=1S/C33H37FN4O5/c1-18-10-8-11-21(14-18)17-37(7)31(39)25-16-26-35-20(3)27(30(32(40)41)43-33(4,5)6)28(38(26)36-25)23-15-24(34)29-22(19(23)2)12-9-13-42-29/h8,10-11,14-16,30H,9,12-13,17H2,1-7H3,(H,40,41)/t30-/m0/s1. The van der Waals surface area contributed by atoms with Gasteiger partial charge in [-0.3, -0.25) is 4.79 Å². The summed E-state index contributed by atoms with van der Waals surface area (Å²) in [4.78, 5) is 32.5. The number of aliphatic carboxylic acids is 1. The van der Waals surface area contributed by atoms with E-state index in [1.807, 2.05) is 38.1 Å². The molecule has 9 nitrogen and oxygen atoms in total. The van der Waals surface area contributed by atoms with E-state index in [-0.39, 0.29) is 22.9 Å². The highest BCUT2D eigenvalue weighted by molar-refractivity contribution is 5.93. The van der Waals surface area contributed by atoms with Crippen LogP contribution in [-0.4, -0.2) is 55.7 Å². The van der Waals surface area contributed by atoms with E-state index >= 15 is 4.39 Å². The van der Waals surface area contributed by atoms with Crippen LogP contribution in [0.3, 0.4) is 0 Å². The monoisotopic (exact) mass is 588 g/mol. The number of hydrogen-bond acceptors (Lipinski definition) is 6. The van der Waals surface area contributed by atoms with Crippen LogP contribution in [0.1, 0.15) is 77.3 Å². The zero-order chi connectivity index (χ0) is 31.2. The molecule has 0 spiro atoms.